The minimum atomic E-state index is -2.00. The predicted molar refractivity (Wildman–Crippen MR) is 403 cm³/mol. The molecule has 2 unspecified atom stereocenters. The molecule has 108 heavy (non-hydrogen) atoms. The van der Waals surface area contributed by atoms with E-state index >= 15 is 33.2 Å². The Balaban J connectivity index is 1.10. The number of hydrogen-bond acceptors (Lipinski definition) is 14. The van der Waals surface area contributed by atoms with Crippen LogP contribution in [0, 0.1) is 5.82 Å². The lowest BCUT2D eigenvalue weighted by molar-refractivity contribution is -0.152. The number of imidazole rings is 1. The van der Waals surface area contributed by atoms with Crippen LogP contribution < -0.4 is 31.3 Å². The Hall–Kier alpha value is -11.0. The third-order valence-corrected chi connectivity index (χ3v) is 20.8. The molecule has 31 heteroatoms. The van der Waals surface area contributed by atoms with E-state index in [1.54, 1.807) is 68.3 Å². The van der Waals surface area contributed by atoms with Gasteiger partial charge < -0.3 is 79.9 Å². The summed E-state index contributed by atoms with van der Waals surface area (Å²) in [5.74, 6) is -9.19. The SMILES string of the molecule is COc1ccc(C[C@H]2C(=O)N3CCCC3C(=O)N(C)CCC(=O)N(C)Cc3cccc(c3)CC(=O)NCCCC[C@@H](NC(C)=O)C(=O)N(C)[C@H](C)C(=O)N(C)[C@@H](Cc3c[nH]c4ccc(P)cc34)C(=O)N(C)[C@@H](Cc3c[nH]c4ccc(F)cc34)C(=O)N[C@@H](CC(=O)O)C(=O)N[C@@H](Cc3cncn3C)C(=O)N2C)cc1. The number of carbonyl (C=O) groups is 12. The van der Waals surface area contributed by atoms with Crippen molar-refractivity contribution in [2.45, 2.75) is 146 Å². The van der Waals surface area contributed by atoms with Crippen LogP contribution in [0.3, 0.4) is 0 Å². The first kappa shape index (κ1) is 81.1. The molecule has 2 aliphatic heterocycles. The van der Waals surface area contributed by atoms with E-state index in [2.05, 4.69) is 45.5 Å². The van der Waals surface area contributed by atoms with Gasteiger partial charge in [-0.25, -0.2) is 9.37 Å². The van der Waals surface area contributed by atoms with Crippen molar-refractivity contribution in [1.82, 2.24) is 75.1 Å². The second-order valence-electron chi connectivity index (χ2n) is 28.1. The molecule has 7 aromatic rings. The Morgan fingerprint density at radius 3 is 1.95 bits per heavy atom. The number of nitrogens with zero attached hydrogens (tertiary/aromatic N) is 9. The van der Waals surface area contributed by atoms with Crippen LogP contribution in [0.5, 0.6) is 5.75 Å². The van der Waals surface area contributed by atoms with Crippen LogP contribution in [0.25, 0.3) is 21.8 Å². The number of nitrogens with one attached hydrogen (secondary N) is 6. The number of methoxy groups -OCH3 is 1. The van der Waals surface area contributed by atoms with Crippen molar-refractivity contribution in [1.29, 1.82) is 0 Å². The molecule has 5 heterocycles. The topological polar surface area (TPSA) is 354 Å². The van der Waals surface area contributed by atoms with E-state index in [1.165, 1.54) is 101 Å². The van der Waals surface area contributed by atoms with Crippen LogP contribution in [0.4, 0.5) is 4.39 Å². The van der Waals surface area contributed by atoms with Crippen molar-refractivity contribution in [3.8, 4) is 5.75 Å². The van der Waals surface area contributed by atoms with E-state index < -0.39 is 126 Å². The zero-order valence-electron chi connectivity index (χ0n) is 62.6. The van der Waals surface area contributed by atoms with Gasteiger partial charge in [-0.05, 0) is 115 Å². The zero-order valence-corrected chi connectivity index (χ0v) is 63.7. The monoisotopic (exact) mass is 1510 g/mol. The first-order valence-electron chi connectivity index (χ1n) is 35.9. The third-order valence-electron chi connectivity index (χ3n) is 20.5. The summed E-state index contributed by atoms with van der Waals surface area (Å²) >= 11 is 0. The Morgan fingerprint density at radius 2 is 1.29 bits per heavy atom. The highest BCUT2D eigenvalue weighted by Gasteiger charge is 2.44. The van der Waals surface area contributed by atoms with Crippen LogP contribution in [0.2, 0.25) is 0 Å². The van der Waals surface area contributed by atoms with Gasteiger partial charge in [-0.15, -0.1) is 9.24 Å². The standard InChI is InChI=1S/C77H97FN15O14P/c1-45-72(101)91(8)66(35-51-41-82-59-26-24-55(108)38-57(51)59)76(105)90(7)64(34-50-40-81-58-25-21-52(78)36-56(50)58)71(100)84-61(39-69(97)98)70(99)85-62(37-53-42-79-44-88(53)5)74(103)92(9)65(32-47-19-22-54(107-10)23-20-47)77(106)93-29-14-18-63(93)75(104)86(3)30-27-68(96)87(4)43-49-16-13-15-48(31-49)33-67(95)80-28-12-11-17-60(83-46(2)94)73(102)89(45)6/h13,15-16,19-26,31,36,38,40-42,44-45,60-66,81-82H,11-12,14,17-18,27-30,32-35,37,39,43,108H2,1-10H3,(H,80,95)(H,83,94)(H,84,100)(H,85,99)(H,97,98)/t45-,60-,61+,62+,63?,64+,65+,66+/m1/s1. The highest BCUT2D eigenvalue weighted by Crippen LogP contribution is 2.29. The van der Waals surface area contributed by atoms with Gasteiger partial charge in [0.15, 0.2) is 0 Å². The number of carboxylic acids is 1. The van der Waals surface area contributed by atoms with Crippen LogP contribution in [0.15, 0.2) is 110 Å². The summed E-state index contributed by atoms with van der Waals surface area (Å²) in [6.07, 6.45) is 5.45. The number of ether oxygens (including phenoxy) is 1. The summed E-state index contributed by atoms with van der Waals surface area (Å²) in [5, 5.41) is 23.3. The number of likely N-dealkylation sites (N-methyl/N-ethyl adjacent to an activating group) is 5. The van der Waals surface area contributed by atoms with E-state index in [1.807, 2.05) is 30.3 Å². The zero-order chi connectivity index (χ0) is 78.4. The normalized spacial score (nSPS) is 22.1. The predicted octanol–water partition coefficient (Wildman–Crippen LogP) is 2.92. The van der Waals surface area contributed by atoms with Gasteiger partial charge in [0, 0.05) is 161 Å². The van der Waals surface area contributed by atoms with Gasteiger partial charge in [0.25, 0.3) is 0 Å². The average Bonchev–Trinajstić information content (AvgIpc) is 1.48. The molecule has 2 bridgehead atoms. The molecule has 3 aromatic heterocycles. The number of aryl methyl sites for hydroxylation is 1. The van der Waals surface area contributed by atoms with Gasteiger partial charge in [0.05, 0.1) is 26.3 Å². The van der Waals surface area contributed by atoms with Crippen LogP contribution in [-0.4, -0.2) is 247 Å². The molecule has 1 fully saturated rings. The summed E-state index contributed by atoms with van der Waals surface area (Å²) in [7, 11) is 14.3. The first-order chi connectivity index (χ1) is 51.4. The molecule has 0 aliphatic carbocycles. The fraction of sp³-hybridized carbons (Fsp3) is 0.442. The van der Waals surface area contributed by atoms with Crippen LogP contribution >= 0.6 is 9.24 Å². The summed E-state index contributed by atoms with van der Waals surface area (Å²) in [4.78, 5) is 195. The van der Waals surface area contributed by atoms with E-state index in [0.29, 0.717) is 74.8 Å². The van der Waals surface area contributed by atoms with Crippen molar-refractivity contribution in [3.05, 3.63) is 149 Å². The smallest absolute Gasteiger partial charge is 0.305 e. The molecular formula is C77H97FN15O14P. The minimum absolute atomic E-state index is 0.0124. The molecule has 7 N–H and O–H groups in total. The number of aliphatic carboxylic acids is 1. The number of halogens is 1. The highest BCUT2D eigenvalue weighted by atomic mass is 31.0. The molecule has 4 aromatic carbocycles. The number of carbonyl (C=O) groups excluding carboxylic acids is 11. The Bertz CT molecular complexity index is 4480. The maximum absolute atomic E-state index is 15.9. The summed E-state index contributed by atoms with van der Waals surface area (Å²) in [6.45, 7) is 3.21. The van der Waals surface area contributed by atoms with Crippen molar-refractivity contribution >= 4 is 107 Å². The molecule has 9 atom stereocenters. The maximum atomic E-state index is 15.9. The number of fused-ring (bicyclic) bond motifs is 5. The Morgan fingerprint density at radius 1 is 0.648 bits per heavy atom. The molecule has 0 spiro atoms. The maximum Gasteiger partial charge on any atom is 0.305 e. The molecule has 9 rings (SSSR count). The molecular weight excluding hydrogens is 1410 g/mol. The van der Waals surface area contributed by atoms with Gasteiger partial charge in [-0.2, -0.15) is 0 Å². The fourth-order valence-electron chi connectivity index (χ4n) is 14.0. The number of H-pyrrole nitrogens is 2. The number of rotatable bonds is 12. The lowest BCUT2D eigenvalue weighted by atomic mass is 9.98. The number of carboxylic acid groups (broad SMARTS) is 1. The second-order valence-corrected chi connectivity index (χ2v) is 28.7. The van der Waals surface area contributed by atoms with Crippen molar-refractivity contribution in [2.75, 3.05) is 69.0 Å². The van der Waals surface area contributed by atoms with E-state index in [4.69, 9.17) is 4.74 Å². The van der Waals surface area contributed by atoms with Gasteiger partial charge >= 0.3 is 5.97 Å². The molecule has 0 saturated carbocycles. The van der Waals surface area contributed by atoms with E-state index in [0.717, 1.165) is 30.5 Å². The number of benzene rings is 4. The van der Waals surface area contributed by atoms with Crippen molar-refractivity contribution < 1.29 is 71.8 Å². The van der Waals surface area contributed by atoms with Gasteiger partial charge in [-0.1, -0.05) is 42.5 Å². The largest absolute Gasteiger partial charge is 0.497 e. The van der Waals surface area contributed by atoms with E-state index in [-0.39, 0.29) is 82.9 Å². The molecule has 0 radical (unpaired) electrons. The number of aromatic amines is 2. The minimum Gasteiger partial charge on any atom is -0.497 e. The first-order valence-corrected chi connectivity index (χ1v) is 36.5. The number of aromatic nitrogens is 4. The van der Waals surface area contributed by atoms with Crippen LogP contribution in [-0.2, 0) is 103 Å². The number of hydrogen-bond donors (Lipinski definition) is 7. The third kappa shape index (κ3) is 20.2. The van der Waals surface area contributed by atoms with Crippen molar-refractivity contribution in [3.63, 3.8) is 0 Å². The average molecular weight is 1510 g/mol. The highest BCUT2D eigenvalue weighted by molar-refractivity contribution is 7.27. The summed E-state index contributed by atoms with van der Waals surface area (Å²) in [6, 6.07) is 11.9. The van der Waals surface area contributed by atoms with Gasteiger partial charge in [0.1, 0.15) is 59.9 Å². The fourth-order valence-corrected chi connectivity index (χ4v) is 14.2. The molecule has 29 nitrogen and oxygen atoms in total. The number of amides is 11. The van der Waals surface area contributed by atoms with Crippen molar-refractivity contribution in [2.24, 2.45) is 7.05 Å². The van der Waals surface area contributed by atoms with E-state index in [9.17, 15) is 33.9 Å². The van der Waals surface area contributed by atoms with Crippen LogP contribution in [0.1, 0.15) is 92.3 Å². The lowest BCUT2D eigenvalue weighted by Crippen LogP contribution is -2.61. The van der Waals surface area contributed by atoms with Gasteiger partial charge in [-0.3, -0.25) is 57.5 Å². The Labute approximate surface area is 628 Å². The molecule has 1 saturated heterocycles. The summed E-state index contributed by atoms with van der Waals surface area (Å²) in [5.41, 5.74) is 4.41. The Kier molecular flexibility index (Phi) is 27.4. The lowest BCUT2D eigenvalue weighted by Gasteiger charge is -2.37. The molecule has 576 valence electrons. The molecule has 2 aliphatic rings. The summed E-state index contributed by atoms with van der Waals surface area (Å²) < 4.78 is 22.2. The quantitative estimate of drug-likeness (QED) is 0.0865. The molecule has 11 amide bonds. The van der Waals surface area contributed by atoms with Gasteiger partial charge in [0.2, 0.25) is 65.0 Å². The second kappa shape index (κ2) is 36.5.